The Hall–Kier alpha value is -3.39. The summed E-state index contributed by atoms with van der Waals surface area (Å²) < 4.78 is 5.42. The quantitative estimate of drug-likeness (QED) is 0.666. The van der Waals surface area contributed by atoms with Crippen molar-refractivity contribution in [1.82, 2.24) is 15.1 Å². The van der Waals surface area contributed by atoms with Crippen LogP contribution in [-0.2, 0) is 14.4 Å². The van der Waals surface area contributed by atoms with Crippen LogP contribution in [0.4, 0.5) is 5.69 Å². The van der Waals surface area contributed by atoms with Gasteiger partial charge < -0.3 is 20.3 Å². The van der Waals surface area contributed by atoms with Crippen molar-refractivity contribution in [3.05, 3.63) is 59.7 Å². The highest BCUT2D eigenvalue weighted by Gasteiger charge is 2.56. The zero-order chi connectivity index (χ0) is 25.2. The highest BCUT2D eigenvalue weighted by Crippen LogP contribution is 2.47. The van der Waals surface area contributed by atoms with E-state index in [2.05, 4.69) is 27.7 Å². The zero-order valence-electron chi connectivity index (χ0n) is 20.8. The number of anilines is 1. The summed E-state index contributed by atoms with van der Waals surface area (Å²) in [6.45, 7) is 6.71. The SMILES string of the molecule is COc1ccc(C)cc1NC(=O)CN1C[C@]2(NC(C)=O)CN(C(C)=O)CC[C@@H]2[C@H]1c1ccccc1. The maximum Gasteiger partial charge on any atom is 0.238 e. The maximum atomic E-state index is 13.3. The Labute approximate surface area is 206 Å². The number of fused-ring (bicyclic) bond motifs is 1. The molecule has 0 unspecified atom stereocenters. The summed E-state index contributed by atoms with van der Waals surface area (Å²) in [5, 5.41) is 6.20. The molecule has 2 aromatic carbocycles. The van der Waals surface area contributed by atoms with E-state index in [0.717, 1.165) is 17.5 Å². The molecule has 2 aromatic rings. The molecule has 0 saturated carbocycles. The standard InChI is InChI=1S/C27H34N4O4/c1-18-10-11-24(35-4)23(14-18)28-25(34)15-31-17-27(29-19(2)32)16-30(20(3)33)13-12-22(27)26(31)21-8-6-5-7-9-21/h5-11,14,22,26H,12-13,15-17H2,1-4H3,(H,28,34)(H,29,32)/t22-,26-,27-/m1/s1. The van der Waals surface area contributed by atoms with Gasteiger partial charge in [0.05, 0.1) is 24.9 Å². The van der Waals surface area contributed by atoms with Crippen LogP contribution in [0.25, 0.3) is 0 Å². The van der Waals surface area contributed by atoms with Crippen LogP contribution in [0.15, 0.2) is 48.5 Å². The number of nitrogens with zero attached hydrogens (tertiary/aromatic N) is 2. The fourth-order valence-electron chi connectivity index (χ4n) is 5.78. The first-order valence-electron chi connectivity index (χ1n) is 12.0. The predicted octanol–water partition coefficient (Wildman–Crippen LogP) is 2.74. The molecule has 3 amide bonds. The van der Waals surface area contributed by atoms with Gasteiger partial charge in [0.25, 0.3) is 0 Å². The number of nitrogens with one attached hydrogen (secondary N) is 2. The normalized spacial score (nSPS) is 23.9. The predicted molar refractivity (Wildman–Crippen MR) is 134 cm³/mol. The summed E-state index contributed by atoms with van der Waals surface area (Å²) in [5.41, 5.74) is 2.12. The van der Waals surface area contributed by atoms with Crippen LogP contribution in [0.3, 0.4) is 0 Å². The molecule has 186 valence electrons. The number of amides is 3. The van der Waals surface area contributed by atoms with Gasteiger partial charge in [-0.25, -0.2) is 0 Å². The lowest BCUT2D eigenvalue weighted by Crippen LogP contribution is -2.64. The molecule has 2 aliphatic rings. The number of hydrogen-bond acceptors (Lipinski definition) is 5. The molecular formula is C27H34N4O4. The molecule has 0 spiro atoms. The van der Waals surface area contributed by atoms with Crippen molar-refractivity contribution in [3.8, 4) is 5.75 Å². The van der Waals surface area contributed by atoms with Crippen molar-refractivity contribution in [1.29, 1.82) is 0 Å². The second-order valence-corrected chi connectivity index (χ2v) is 9.69. The minimum Gasteiger partial charge on any atom is -0.495 e. The van der Waals surface area contributed by atoms with Gasteiger partial charge in [-0.1, -0.05) is 36.4 Å². The number of methoxy groups -OCH3 is 1. The first-order chi connectivity index (χ1) is 16.7. The Morgan fingerprint density at radius 1 is 1.09 bits per heavy atom. The molecule has 2 fully saturated rings. The van der Waals surface area contributed by atoms with Gasteiger partial charge >= 0.3 is 0 Å². The third kappa shape index (κ3) is 5.17. The number of ether oxygens (including phenoxy) is 1. The van der Waals surface area contributed by atoms with Gasteiger partial charge in [-0.3, -0.25) is 19.3 Å². The molecule has 8 heteroatoms. The molecule has 2 heterocycles. The molecule has 4 rings (SSSR count). The number of rotatable bonds is 6. The van der Waals surface area contributed by atoms with E-state index in [-0.39, 0.29) is 36.2 Å². The summed E-state index contributed by atoms with van der Waals surface area (Å²) in [7, 11) is 1.58. The Bertz CT molecular complexity index is 1110. The van der Waals surface area contributed by atoms with Crippen LogP contribution in [0.2, 0.25) is 0 Å². The third-order valence-electron chi connectivity index (χ3n) is 7.14. The molecule has 0 aliphatic carbocycles. The first kappa shape index (κ1) is 24.7. The first-order valence-corrected chi connectivity index (χ1v) is 12.0. The number of piperidine rings is 1. The van der Waals surface area contributed by atoms with Crippen molar-refractivity contribution >= 4 is 23.4 Å². The summed E-state index contributed by atoms with van der Waals surface area (Å²) in [4.78, 5) is 41.8. The van der Waals surface area contributed by atoms with E-state index in [0.29, 0.717) is 31.1 Å². The average Bonchev–Trinajstić information content (AvgIpc) is 3.11. The molecule has 2 saturated heterocycles. The molecule has 3 atom stereocenters. The van der Waals surface area contributed by atoms with Gasteiger partial charge in [-0.2, -0.15) is 0 Å². The van der Waals surface area contributed by atoms with Crippen LogP contribution in [-0.4, -0.2) is 66.3 Å². The van der Waals surface area contributed by atoms with Gasteiger partial charge in [0.2, 0.25) is 17.7 Å². The minimum atomic E-state index is -0.627. The number of aryl methyl sites for hydroxylation is 1. The highest BCUT2D eigenvalue weighted by molar-refractivity contribution is 5.94. The van der Waals surface area contributed by atoms with Crippen LogP contribution in [0.5, 0.6) is 5.75 Å². The molecule has 0 bridgehead atoms. The molecule has 2 aliphatic heterocycles. The van der Waals surface area contributed by atoms with Crippen molar-refractivity contribution < 1.29 is 19.1 Å². The van der Waals surface area contributed by atoms with Crippen LogP contribution < -0.4 is 15.4 Å². The molecular weight excluding hydrogens is 444 g/mol. The van der Waals surface area contributed by atoms with Gasteiger partial charge in [0.15, 0.2) is 0 Å². The fourth-order valence-corrected chi connectivity index (χ4v) is 5.78. The number of carbonyl (C=O) groups is 3. The number of likely N-dealkylation sites (tertiary alicyclic amines) is 2. The van der Waals surface area contributed by atoms with Crippen molar-refractivity contribution in [3.63, 3.8) is 0 Å². The van der Waals surface area contributed by atoms with Crippen molar-refractivity contribution in [2.45, 2.75) is 38.8 Å². The monoisotopic (exact) mass is 478 g/mol. The molecule has 8 nitrogen and oxygen atoms in total. The van der Waals surface area contributed by atoms with Gasteiger partial charge in [-0.05, 0) is 36.6 Å². The number of carbonyl (C=O) groups excluding carboxylic acids is 3. The molecule has 2 N–H and O–H groups in total. The summed E-state index contributed by atoms with van der Waals surface area (Å²) in [6, 6.07) is 15.7. The summed E-state index contributed by atoms with van der Waals surface area (Å²) >= 11 is 0. The van der Waals surface area contributed by atoms with E-state index < -0.39 is 5.54 Å². The van der Waals surface area contributed by atoms with Crippen LogP contribution in [0.1, 0.15) is 37.4 Å². The fraction of sp³-hybridized carbons (Fsp3) is 0.444. The van der Waals surface area contributed by atoms with Gasteiger partial charge in [-0.15, -0.1) is 0 Å². The Morgan fingerprint density at radius 3 is 2.49 bits per heavy atom. The second-order valence-electron chi connectivity index (χ2n) is 9.69. The zero-order valence-corrected chi connectivity index (χ0v) is 20.8. The molecule has 0 aromatic heterocycles. The number of hydrogen-bond donors (Lipinski definition) is 2. The lowest BCUT2D eigenvalue weighted by atomic mass is 9.75. The molecule has 0 radical (unpaired) electrons. The van der Waals surface area contributed by atoms with E-state index in [1.165, 1.54) is 6.92 Å². The average molecular weight is 479 g/mol. The van der Waals surface area contributed by atoms with Gasteiger partial charge in [0.1, 0.15) is 5.75 Å². The lowest BCUT2D eigenvalue weighted by molar-refractivity contribution is -0.134. The van der Waals surface area contributed by atoms with Crippen LogP contribution in [0, 0.1) is 12.8 Å². The van der Waals surface area contributed by atoms with E-state index >= 15 is 0 Å². The van der Waals surface area contributed by atoms with E-state index in [9.17, 15) is 14.4 Å². The maximum absolute atomic E-state index is 13.3. The smallest absolute Gasteiger partial charge is 0.238 e. The number of benzene rings is 2. The molecule has 35 heavy (non-hydrogen) atoms. The Kier molecular flexibility index (Phi) is 7.12. The Balaban J connectivity index is 1.65. The van der Waals surface area contributed by atoms with E-state index in [1.54, 1.807) is 18.9 Å². The largest absolute Gasteiger partial charge is 0.495 e. The van der Waals surface area contributed by atoms with Crippen molar-refractivity contribution in [2.75, 3.05) is 38.6 Å². The summed E-state index contributed by atoms with van der Waals surface area (Å²) in [5.74, 6) is 0.362. The highest BCUT2D eigenvalue weighted by atomic mass is 16.5. The summed E-state index contributed by atoms with van der Waals surface area (Å²) in [6.07, 6.45) is 0.739. The third-order valence-corrected chi connectivity index (χ3v) is 7.14. The minimum absolute atomic E-state index is 0.00725. The van der Waals surface area contributed by atoms with E-state index in [1.807, 2.05) is 43.3 Å². The van der Waals surface area contributed by atoms with E-state index in [4.69, 9.17) is 4.74 Å². The van der Waals surface area contributed by atoms with Crippen molar-refractivity contribution in [2.24, 2.45) is 5.92 Å². The lowest BCUT2D eigenvalue weighted by Gasteiger charge is -2.45. The van der Waals surface area contributed by atoms with Crippen LogP contribution >= 0.6 is 0 Å². The van der Waals surface area contributed by atoms with Gasteiger partial charge in [0, 0.05) is 45.4 Å². The Morgan fingerprint density at radius 2 is 1.83 bits per heavy atom. The topological polar surface area (TPSA) is 91.0 Å². The second kappa shape index (κ2) is 10.1.